The van der Waals surface area contributed by atoms with Crippen LogP contribution in [0.3, 0.4) is 0 Å². The maximum atomic E-state index is 11.5. The van der Waals surface area contributed by atoms with E-state index in [2.05, 4.69) is 12.2 Å². The van der Waals surface area contributed by atoms with Crippen molar-refractivity contribution in [2.75, 3.05) is 19.8 Å². The summed E-state index contributed by atoms with van der Waals surface area (Å²) < 4.78 is 5.20. The van der Waals surface area contributed by atoms with Crippen LogP contribution in [-0.4, -0.2) is 25.7 Å². The van der Waals surface area contributed by atoms with E-state index in [-0.39, 0.29) is 11.8 Å². The molecule has 1 aliphatic heterocycles. The molecule has 1 saturated heterocycles. The zero-order valence-corrected chi connectivity index (χ0v) is 10.3. The van der Waals surface area contributed by atoms with Gasteiger partial charge in [0.2, 0.25) is 5.91 Å². The molecule has 1 amide bonds. The fourth-order valence-corrected chi connectivity index (χ4v) is 1.49. The minimum atomic E-state index is 0.200. The Morgan fingerprint density at radius 1 is 1.33 bits per heavy atom. The lowest BCUT2D eigenvalue weighted by Crippen LogP contribution is -2.34. The van der Waals surface area contributed by atoms with Gasteiger partial charge in [0.15, 0.2) is 0 Å². The Bertz CT molecular complexity index is 154. The summed E-state index contributed by atoms with van der Waals surface area (Å²) in [6.07, 6.45) is 3.99. The van der Waals surface area contributed by atoms with Crippen LogP contribution in [0.4, 0.5) is 0 Å². The van der Waals surface area contributed by atoms with Gasteiger partial charge < -0.3 is 10.1 Å². The summed E-state index contributed by atoms with van der Waals surface area (Å²) in [4.78, 5) is 11.5. The molecule has 3 nitrogen and oxygen atoms in total. The van der Waals surface area contributed by atoms with Gasteiger partial charge in [0.25, 0.3) is 0 Å². The van der Waals surface area contributed by atoms with Crippen molar-refractivity contribution >= 4 is 5.91 Å². The van der Waals surface area contributed by atoms with Gasteiger partial charge in [-0.15, -0.1) is 0 Å². The van der Waals surface area contributed by atoms with E-state index in [9.17, 15) is 4.79 Å². The summed E-state index contributed by atoms with van der Waals surface area (Å²) in [6.45, 7) is 8.44. The molecule has 0 aromatic carbocycles. The fourth-order valence-electron chi connectivity index (χ4n) is 1.49. The normalized spacial score (nSPS) is 16.5. The molecular formula is C12H25NO2. The molecule has 1 rings (SSSR count). The minimum Gasteiger partial charge on any atom is -0.381 e. The van der Waals surface area contributed by atoms with Crippen molar-refractivity contribution < 1.29 is 9.53 Å². The Hall–Kier alpha value is -0.570. The monoisotopic (exact) mass is 215 g/mol. The highest BCUT2D eigenvalue weighted by Crippen LogP contribution is 2.14. The number of unbranched alkanes of at least 4 members (excludes halogenated alkanes) is 1. The molecule has 1 fully saturated rings. The molecule has 0 radical (unpaired) electrons. The van der Waals surface area contributed by atoms with Crippen LogP contribution in [0.5, 0.6) is 0 Å². The van der Waals surface area contributed by atoms with Gasteiger partial charge in [0.1, 0.15) is 0 Å². The highest BCUT2D eigenvalue weighted by molar-refractivity contribution is 5.78. The predicted molar refractivity (Wildman–Crippen MR) is 62.8 cm³/mol. The number of hydrogen-bond acceptors (Lipinski definition) is 2. The van der Waals surface area contributed by atoms with Gasteiger partial charge in [-0.1, -0.05) is 27.2 Å². The average Bonchev–Trinajstić information content (AvgIpc) is 2.33. The van der Waals surface area contributed by atoms with Crippen molar-refractivity contribution in [1.82, 2.24) is 5.32 Å². The Morgan fingerprint density at radius 3 is 2.47 bits per heavy atom. The van der Waals surface area contributed by atoms with E-state index in [4.69, 9.17) is 4.74 Å². The van der Waals surface area contributed by atoms with E-state index in [0.717, 1.165) is 45.4 Å². The topological polar surface area (TPSA) is 38.3 Å². The lowest BCUT2D eigenvalue weighted by atomic mass is 9.99. The second kappa shape index (κ2) is 9.97. The van der Waals surface area contributed by atoms with Crippen LogP contribution in [0.1, 0.15) is 46.5 Å². The van der Waals surface area contributed by atoms with Crippen LogP contribution in [0, 0.1) is 5.92 Å². The van der Waals surface area contributed by atoms with Crippen LogP contribution in [-0.2, 0) is 9.53 Å². The molecule has 90 valence electrons. The van der Waals surface area contributed by atoms with E-state index in [1.54, 1.807) is 0 Å². The van der Waals surface area contributed by atoms with Crippen LogP contribution in [0.15, 0.2) is 0 Å². The standard InChI is InChI=1S/C10H19NO2.C2H6/c1-2-3-6-11-10(12)9-4-7-13-8-5-9;1-2/h9H,2-8H2,1H3,(H,11,12);1-2H3. The lowest BCUT2D eigenvalue weighted by Gasteiger charge is -2.21. The fraction of sp³-hybridized carbons (Fsp3) is 0.917. The van der Waals surface area contributed by atoms with Gasteiger partial charge in [-0.05, 0) is 19.3 Å². The van der Waals surface area contributed by atoms with Gasteiger partial charge in [0, 0.05) is 25.7 Å². The highest BCUT2D eigenvalue weighted by Gasteiger charge is 2.20. The third-order valence-corrected chi connectivity index (χ3v) is 2.42. The van der Waals surface area contributed by atoms with Crippen molar-refractivity contribution in [2.24, 2.45) is 5.92 Å². The molecular weight excluding hydrogens is 190 g/mol. The Kier molecular flexibility index (Phi) is 9.59. The van der Waals surface area contributed by atoms with Crippen molar-refractivity contribution in [3.63, 3.8) is 0 Å². The van der Waals surface area contributed by atoms with Crippen molar-refractivity contribution in [2.45, 2.75) is 46.5 Å². The number of ether oxygens (including phenoxy) is 1. The summed E-state index contributed by atoms with van der Waals surface area (Å²) in [5.41, 5.74) is 0. The summed E-state index contributed by atoms with van der Waals surface area (Å²) in [6, 6.07) is 0. The molecule has 1 heterocycles. The van der Waals surface area contributed by atoms with Gasteiger partial charge in [-0.3, -0.25) is 4.79 Å². The minimum absolute atomic E-state index is 0.200. The van der Waals surface area contributed by atoms with Crippen molar-refractivity contribution in [3.8, 4) is 0 Å². The first-order chi connectivity index (χ1) is 7.34. The predicted octanol–water partition coefficient (Wildman–Crippen LogP) is 2.36. The SMILES string of the molecule is CC.CCCCNC(=O)C1CCOCC1. The lowest BCUT2D eigenvalue weighted by molar-refractivity contribution is -0.127. The Balaban J connectivity index is 0.000000921. The zero-order valence-electron chi connectivity index (χ0n) is 10.3. The van der Waals surface area contributed by atoms with Crippen LogP contribution in [0.25, 0.3) is 0 Å². The number of amides is 1. The quantitative estimate of drug-likeness (QED) is 0.731. The number of hydrogen-bond donors (Lipinski definition) is 1. The molecule has 0 bridgehead atoms. The van der Waals surface area contributed by atoms with E-state index in [0.29, 0.717) is 0 Å². The van der Waals surface area contributed by atoms with E-state index >= 15 is 0 Å². The van der Waals surface area contributed by atoms with Gasteiger partial charge in [0.05, 0.1) is 0 Å². The first kappa shape index (κ1) is 14.4. The molecule has 1 aliphatic rings. The number of carbonyl (C=O) groups is 1. The maximum Gasteiger partial charge on any atom is 0.223 e. The van der Waals surface area contributed by atoms with Gasteiger partial charge >= 0.3 is 0 Å². The largest absolute Gasteiger partial charge is 0.381 e. The molecule has 0 aromatic heterocycles. The molecule has 0 saturated carbocycles. The second-order valence-electron chi connectivity index (χ2n) is 3.53. The Morgan fingerprint density at radius 2 is 1.93 bits per heavy atom. The number of carbonyl (C=O) groups excluding carboxylic acids is 1. The first-order valence-corrected chi connectivity index (χ1v) is 6.20. The van der Waals surface area contributed by atoms with Gasteiger partial charge in [-0.2, -0.15) is 0 Å². The number of rotatable bonds is 4. The van der Waals surface area contributed by atoms with Crippen LogP contribution >= 0.6 is 0 Å². The smallest absolute Gasteiger partial charge is 0.223 e. The maximum absolute atomic E-state index is 11.5. The van der Waals surface area contributed by atoms with Gasteiger partial charge in [-0.25, -0.2) is 0 Å². The van der Waals surface area contributed by atoms with E-state index in [1.165, 1.54) is 0 Å². The third kappa shape index (κ3) is 6.50. The van der Waals surface area contributed by atoms with Crippen LogP contribution in [0.2, 0.25) is 0 Å². The number of nitrogens with one attached hydrogen (secondary N) is 1. The Labute approximate surface area is 93.6 Å². The zero-order chi connectivity index (χ0) is 11.5. The van der Waals surface area contributed by atoms with Crippen molar-refractivity contribution in [1.29, 1.82) is 0 Å². The van der Waals surface area contributed by atoms with Crippen molar-refractivity contribution in [3.05, 3.63) is 0 Å². The molecule has 0 aromatic rings. The summed E-state index contributed by atoms with van der Waals surface area (Å²) >= 11 is 0. The molecule has 0 spiro atoms. The molecule has 15 heavy (non-hydrogen) atoms. The summed E-state index contributed by atoms with van der Waals surface area (Å²) in [7, 11) is 0. The highest BCUT2D eigenvalue weighted by atomic mass is 16.5. The second-order valence-corrected chi connectivity index (χ2v) is 3.53. The average molecular weight is 215 g/mol. The molecule has 0 atom stereocenters. The van der Waals surface area contributed by atoms with E-state index in [1.807, 2.05) is 13.8 Å². The molecule has 0 unspecified atom stereocenters. The van der Waals surface area contributed by atoms with E-state index < -0.39 is 0 Å². The molecule has 3 heteroatoms. The van der Waals surface area contributed by atoms with Crippen LogP contribution < -0.4 is 5.32 Å². The summed E-state index contributed by atoms with van der Waals surface area (Å²) in [5, 5.41) is 2.96. The first-order valence-electron chi connectivity index (χ1n) is 6.20. The third-order valence-electron chi connectivity index (χ3n) is 2.42. The summed E-state index contributed by atoms with van der Waals surface area (Å²) in [5.74, 6) is 0.419. The molecule has 0 aliphatic carbocycles. The molecule has 1 N–H and O–H groups in total.